The molecule has 1 aromatic rings. The Bertz CT molecular complexity index is 373. The summed E-state index contributed by atoms with van der Waals surface area (Å²) in [5, 5.41) is 9.59. The maximum Gasteiger partial charge on any atom is 0.0639 e. The van der Waals surface area contributed by atoms with Crippen LogP contribution >= 0.6 is 0 Å². The maximum absolute atomic E-state index is 9.59. The summed E-state index contributed by atoms with van der Waals surface area (Å²) < 4.78 is 0. The molecule has 0 saturated carbocycles. The first kappa shape index (κ1) is 15.2. The summed E-state index contributed by atoms with van der Waals surface area (Å²) in [5.41, 5.74) is 5.42. The molecular weight excluding hydrogens is 222 g/mol. The third-order valence-electron chi connectivity index (χ3n) is 3.43. The smallest absolute Gasteiger partial charge is 0.0639 e. The first-order chi connectivity index (χ1) is 8.31. The van der Waals surface area contributed by atoms with Crippen molar-refractivity contribution in [2.24, 2.45) is 0 Å². The highest BCUT2D eigenvalue weighted by molar-refractivity contribution is 5.37. The normalized spacial score (nSPS) is 13.4. The Morgan fingerprint density at radius 1 is 1.06 bits per heavy atom. The molecule has 102 valence electrons. The van der Waals surface area contributed by atoms with Crippen LogP contribution < -0.4 is 0 Å². The predicted molar refractivity (Wildman–Crippen MR) is 77.9 cm³/mol. The average molecular weight is 249 g/mol. The number of rotatable bonds is 5. The molecule has 0 spiro atoms. The second-order valence-electron chi connectivity index (χ2n) is 5.75. The van der Waals surface area contributed by atoms with Crippen molar-refractivity contribution in [1.82, 2.24) is 4.90 Å². The molecule has 0 aliphatic rings. The molecule has 0 fully saturated rings. The van der Waals surface area contributed by atoms with Gasteiger partial charge in [0, 0.05) is 19.1 Å². The Kier molecular flexibility index (Phi) is 5.36. The number of aryl methyl sites for hydroxylation is 3. The monoisotopic (exact) mass is 249 g/mol. The Morgan fingerprint density at radius 3 is 1.94 bits per heavy atom. The Balaban J connectivity index is 2.93. The van der Waals surface area contributed by atoms with Gasteiger partial charge in [-0.1, -0.05) is 17.7 Å². The van der Waals surface area contributed by atoms with E-state index in [1.807, 2.05) is 6.92 Å². The Labute approximate surface area is 112 Å². The van der Waals surface area contributed by atoms with Gasteiger partial charge >= 0.3 is 0 Å². The summed E-state index contributed by atoms with van der Waals surface area (Å²) in [6, 6.07) is 4.92. The summed E-state index contributed by atoms with van der Waals surface area (Å²) in [6.07, 6.45) is -0.279. The fourth-order valence-corrected chi connectivity index (χ4v) is 2.46. The SMILES string of the molecule is Cc1cc(C)c(CN(CC(C)O)C(C)C)c(C)c1. The van der Waals surface area contributed by atoms with Gasteiger partial charge in [0.25, 0.3) is 0 Å². The molecule has 0 aliphatic heterocycles. The zero-order chi connectivity index (χ0) is 13.9. The molecule has 0 radical (unpaired) electrons. The van der Waals surface area contributed by atoms with Gasteiger partial charge in [-0.2, -0.15) is 0 Å². The van der Waals surface area contributed by atoms with Gasteiger partial charge in [0.05, 0.1) is 6.10 Å². The first-order valence-electron chi connectivity index (χ1n) is 6.80. The Morgan fingerprint density at radius 2 is 1.56 bits per heavy atom. The van der Waals surface area contributed by atoms with Crippen LogP contribution in [-0.2, 0) is 6.54 Å². The van der Waals surface area contributed by atoms with Crippen molar-refractivity contribution in [3.05, 3.63) is 34.4 Å². The first-order valence-corrected chi connectivity index (χ1v) is 6.80. The van der Waals surface area contributed by atoms with Crippen LogP contribution in [-0.4, -0.2) is 28.7 Å². The van der Waals surface area contributed by atoms with E-state index in [2.05, 4.69) is 51.7 Å². The van der Waals surface area contributed by atoms with Crippen LogP contribution in [0, 0.1) is 20.8 Å². The number of benzene rings is 1. The lowest BCUT2D eigenvalue weighted by atomic mass is 9.99. The minimum absolute atomic E-state index is 0.279. The molecule has 1 atom stereocenters. The topological polar surface area (TPSA) is 23.5 Å². The third-order valence-corrected chi connectivity index (χ3v) is 3.43. The molecule has 0 amide bonds. The van der Waals surface area contributed by atoms with Gasteiger partial charge in [0.15, 0.2) is 0 Å². The van der Waals surface area contributed by atoms with Gasteiger partial charge in [0.2, 0.25) is 0 Å². The minimum Gasteiger partial charge on any atom is -0.392 e. The summed E-state index contributed by atoms with van der Waals surface area (Å²) in [5.74, 6) is 0. The molecular formula is C16H27NO. The molecule has 2 nitrogen and oxygen atoms in total. The average Bonchev–Trinajstić information content (AvgIpc) is 2.20. The van der Waals surface area contributed by atoms with Crippen LogP contribution in [0.5, 0.6) is 0 Å². The zero-order valence-electron chi connectivity index (χ0n) is 12.6. The number of aliphatic hydroxyl groups is 1. The lowest BCUT2D eigenvalue weighted by Gasteiger charge is -2.29. The second kappa shape index (κ2) is 6.35. The molecule has 0 saturated heterocycles. The molecule has 1 aromatic carbocycles. The van der Waals surface area contributed by atoms with E-state index in [1.54, 1.807) is 0 Å². The lowest BCUT2D eigenvalue weighted by molar-refractivity contribution is 0.102. The van der Waals surface area contributed by atoms with Crippen molar-refractivity contribution in [3.8, 4) is 0 Å². The van der Waals surface area contributed by atoms with Crippen molar-refractivity contribution in [2.45, 2.75) is 60.2 Å². The third kappa shape index (κ3) is 4.11. The van der Waals surface area contributed by atoms with E-state index in [-0.39, 0.29) is 6.10 Å². The van der Waals surface area contributed by atoms with Crippen LogP contribution in [0.25, 0.3) is 0 Å². The second-order valence-corrected chi connectivity index (χ2v) is 5.75. The van der Waals surface area contributed by atoms with E-state index >= 15 is 0 Å². The summed E-state index contributed by atoms with van der Waals surface area (Å²) in [7, 11) is 0. The highest BCUT2D eigenvalue weighted by Crippen LogP contribution is 2.19. The fraction of sp³-hybridized carbons (Fsp3) is 0.625. The van der Waals surface area contributed by atoms with E-state index in [4.69, 9.17) is 0 Å². The zero-order valence-corrected chi connectivity index (χ0v) is 12.6. The fourth-order valence-electron chi connectivity index (χ4n) is 2.46. The molecule has 0 aromatic heterocycles. The van der Waals surface area contributed by atoms with Crippen molar-refractivity contribution in [2.75, 3.05) is 6.54 Å². The number of hydrogen-bond donors (Lipinski definition) is 1. The largest absolute Gasteiger partial charge is 0.392 e. The van der Waals surface area contributed by atoms with Crippen molar-refractivity contribution in [1.29, 1.82) is 0 Å². The van der Waals surface area contributed by atoms with Gasteiger partial charge in [-0.15, -0.1) is 0 Å². The van der Waals surface area contributed by atoms with Gasteiger partial charge in [0.1, 0.15) is 0 Å². The number of aliphatic hydroxyl groups excluding tert-OH is 1. The highest BCUT2D eigenvalue weighted by Gasteiger charge is 2.15. The quantitative estimate of drug-likeness (QED) is 0.866. The van der Waals surface area contributed by atoms with Crippen LogP contribution in [0.1, 0.15) is 43.0 Å². The van der Waals surface area contributed by atoms with Crippen LogP contribution in [0.3, 0.4) is 0 Å². The van der Waals surface area contributed by atoms with Crippen molar-refractivity contribution >= 4 is 0 Å². The molecule has 18 heavy (non-hydrogen) atoms. The molecule has 1 rings (SSSR count). The molecule has 0 aliphatic carbocycles. The van der Waals surface area contributed by atoms with Crippen LogP contribution in [0.4, 0.5) is 0 Å². The van der Waals surface area contributed by atoms with Gasteiger partial charge in [-0.3, -0.25) is 4.90 Å². The number of nitrogens with zero attached hydrogens (tertiary/aromatic N) is 1. The predicted octanol–water partition coefficient (Wildman–Crippen LogP) is 3.20. The van der Waals surface area contributed by atoms with Crippen molar-refractivity contribution < 1.29 is 5.11 Å². The van der Waals surface area contributed by atoms with E-state index in [9.17, 15) is 5.11 Å². The van der Waals surface area contributed by atoms with Crippen molar-refractivity contribution in [3.63, 3.8) is 0 Å². The van der Waals surface area contributed by atoms with E-state index in [0.717, 1.165) is 13.1 Å². The molecule has 1 N–H and O–H groups in total. The lowest BCUT2D eigenvalue weighted by Crippen LogP contribution is -2.36. The van der Waals surface area contributed by atoms with Crippen LogP contribution in [0.15, 0.2) is 12.1 Å². The minimum atomic E-state index is -0.279. The van der Waals surface area contributed by atoms with Gasteiger partial charge in [-0.05, 0) is 58.2 Å². The summed E-state index contributed by atoms with van der Waals surface area (Å²) >= 11 is 0. The van der Waals surface area contributed by atoms with E-state index in [0.29, 0.717) is 6.04 Å². The van der Waals surface area contributed by atoms with Gasteiger partial charge in [-0.25, -0.2) is 0 Å². The summed E-state index contributed by atoms with van der Waals surface area (Å²) in [4.78, 5) is 2.33. The molecule has 0 heterocycles. The van der Waals surface area contributed by atoms with Gasteiger partial charge < -0.3 is 5.11 Å². The molecule has 2 heteroatoms. The Hall–Kier alpha value is -0.860. The van der Waals surface area contributed by atoms with Crippen LogP contribution in [0.2, 0.25) is 0 Å². The number of hydrogen-bond acceptors (Lipinski definition) is 2. The molecule has 0 bridgehead atoms. The van der Waals surface area contributed by atoms with E-state index < -0.39 is 0 Å². The van der Waals surface area contributed by atoms with E-state index in [1.165, 1.54) is 22.3 Å². The maximum atomic E-state index is 9.59. The highest BCUT2D eigenvalue weighted by atomic mass is 16.3. The summed E-state index contributed by atoms with van der Waals surface area (Å²) in [6.45, 7) is 14.4. The standard InChI is InChI=1S/C16H27NO/c1-11(2)17(9-15(6)18)10-16-13(4)7-12(3)8-14(16)5/h7-8,11,15,18H,9-10H2,1-6H3. The molecule has 1 unspecified atom stereocenters.